The number of hydrogen-bond acceptors (Lipinski definition) is 9. The van der Waals surface area contributed by atoms with Gasteiger partial charge in [-0.3, -0.25) is 14.3 Å². The Bertz CT molecular complexity index is 2250. The molecule has 0 spiro atoms. The van der Waals surface area contributed by atoms with Gasteiger partial charge in [-0.2, -0.15) is 0 Å². The zero-order valence-corrected chi connectivity index (χ0v) is 39.3. The van der Waals surface area contributed by atoms with Crippen LogP contribution in [0, 0.1) is 6.92 Å². The number of nitrogens with one attached hydrogen (secondary N) is 3. The van der Waals surface area contributed by atoms with E-state index in [2.05, 4.69) is 46.5 Å². The van der Waals surface area contributed by atoms with Gasteiger partial charge in [0.15, 0.2) is 5.72 Å². The van der Waals surface area contributed by atoms with E-state index in [1.54, 1.807) is 82.6 Å². The van der Waals surface area contributed by atoms with Crippen molar-refractivity contribution in [2.24, 2.45) is 0 Å². The van der Waals surface area contributed by atoms with Gasteiger partial charge >= 0.3 is 5.69 Å². The third-order valence-electron chi connectivity index (χ3n) is 12.0. The van der Waals surface area contributed by atoms with Gasteiger partial charge in [0.1, 0.15) is 18.0 Å². The number of phosphoric ester groups is 1. The highest BCUT2D eigenvalue weighted by Gasteiger charge is 2.58. The summed E-state index contributed by atoms with van der Waals surface area (Å²) in [6.07, 6.45) is -4.15. The highest BCUT2D eigenvalue weighted by atomic mass is 35.5. The first-order valence-electron chi connectivity index (χ1n) is 21.7. The zero-order chi connectivity index (χ0) is 46.4. The second-order valence-corrected chi connectivity index (χ2v) is 16.9. The molecule has 1 unspecified atom stereocenters. The number of phosphoric acid groups is 1. The third kappa shape index (κ3) is 12.0. The fourth-order valence-corrected chi connectivity index (χ4v) is 9.16. The number of ether oxygens (including phenoxy) is 2. The van der Waals surface area contributed by atoms with Gasteiger partial charge in [0.05, 0.1) is 65.7 Å². The number of aryl methyl sites for hydroxylation is 1. The summed E-state index contributed by atoms with van der Waals surface area (Å²) in [5.74, 6) is 0.552. The van der Waals surface area contributed by atoms with Crippen molar-refractivity contribution in [1.82, 2.24) is 9.55 Å². The van der Waals surface area contributed by atoms with Crippen LogP contribution in [0.3, 0.4) is 0 Å². The van der Waals surface area contributed by atoms with E-state index in [0.717, 1.165) is 4.57 Å². The van der Waals surface area contributed by atoms with Gasteiger partial charge < -0.3 is 43.3 Å². The molecule has 63 heavy (non-hydrogen) atoms. The van der Waals surface area contributed by atoms with Crippen LogP contribution in [0.1, 0.15) is 75.8 Å². The van der Waals surface area contributed by atoms with Crippen LogP contribution in [0.15, 0.2) is 125 Å². The first kappa shape index (κ1) is 51.2. The largest absolute Gasteiger partial charge is 0.790 e. The standard InChI is InChI=1S/C36H34ClN2O9P.2C6H15N/c1-23-22-39(34(42)38-33(23)41)35(28-15-9-10-16-29(28)37)21-30(48-49(43,44)45)31(47-35)32(40)36(24-11-5-3-6-12-24,25-13-7-4-8-14-25)26-17-19-27(46-2)20-18-26;2*1-4-7(5-2)6-3/h3-20,22,30-32,40H,21H2,1-2H3,(H,38,41,42)(H2,43,44,45);2*4-6H2,1-3H3/t30-,31-,32?,35-;;/m0../s1. The summed E-state index contributed by atoms with van der Waals surface area (Å²) in [5.41, 5.74) is -2.89. The van der Waals surface area contributed by atoms with Crippen LogP contribution in [0.5, 0.6) is 5.75 Å². The van der Waals surface area contributed by atoms with Crippen molar-refractivity contribution < 1.29 is 43.3 Å². The molecular weight excluding hydrogens is 843 g/mol. The molecule has 0 amide bonds. The van der Waals surface area contributed by atoms with Gasteiger partial charge in [0.25, 0.3) is 5.56 Å². The molecule has 6 rings (SSSR count). The maximum absolute atomic E-state index is 13.6. The summed E-state index contributed by atoms with van der Waals surface area (Å²) in [6.45, 7) is 22.5. The van der Waals surface area contributed by atoms with Gasteiger partial charge in [-0.25, -0.2) is 4.79 Å². The smallest absolute Gasteiger partial charge is 0.330 e. The topological polar surface area (TPSA) is 175 Å². The summed E-state index contributed by atoms with van der Waals surface area (Å²) < 4.78 is 30.8. The molecule has 4 aromatic carbocycles. The normalized spacial score (nSPS) is 18.0. The fourth-order valence-electron chi connectivity index (χ4n) is 8.35. The number of benzene rings is 4. The van der Waals surface area contributed by atoms with E-state index in [9.17, 15) is 29.0 Å². The van der Waals surface area contributed by atoms with Crippen LogP contribution in [-0.2, 0) is 25.0 Å². The molecule has 4 atom stereocenters. The van der Waals surface area contributed by atoms with Crippen molar-refractivity contribution in [2.45, 2.75) is 84.3 Å². The first-order chi connectivity index (χ1) is 30.1. The summed E-state index contributed by atoms with van der Waals surface area (Å²) in [6, 6.07) is 31.5. The summed E-state index contributed by atoms with van der Waals surface area (Å²) in [5, 5.41) is 13.1. The van der Waals surface area contributed by atoms with Crippen LogP contribution in [0.4, 0.5) is 0 Å². The predicted molar refractivity (Wildman–Crippen MR) is 243 cm³/mol. The number of aliphatic hydroxyl groups is 1. The number of H-pyrrole nitrogens is 1. The monoisotopic (exact) mass is 906 g/mol. The predicted octanol–water partition coefficient (Wildman–Crippen LogP) is 3.47. The van der Waals surface area contributed by atoms with Crippen molar-refractivity contribution in [1.29, 1.82) is 0 Å². The Morgan fingerprint density at radius 3 is 1.70 bits per heavy atom. The fraction of sp³-hybridized carbons (Fsp3) is 0.417. The second-order valence-electron chi connectivity index (χ2n) is 15.4. The number of quaternary nitrogens is 2. The van der Waals surface area contributed by atoms with Crippen LogP contribution in [-0.4, -0.2) is 79.3 Å². The quantitative estimate of drug-likeness (QED) is 0.0855. The van der Waals surface area contributed by atoms with E-state index in [1.165, 1.54) is 59.5 Å². The highest BCUT2D eigenvalue weighted by Crippen LogP contribution is 2.52. The molecule has 4 N–H and O–H groups in total. The van der Waals surface area contributed by atoms with Crippen LogP contribution in [0.2, 0.25) is 5.02 Å². The molecule has 342 valence electrons. The number of aliphatic hydroxyl groups excluding tert-OH is 1. The van der Waals surface area contributed by atoms with Gasteiger partial charge in [-0.15, -0.1) is 0 Å². The highest BCUT2D eigenvalue weighted by molar-refractivity contribution is 7.43. The summed E-state index contributed by atoms with van der Waals surface area (Å²) >= 11 is 6.72. The third-order valence-corrected chi connectivity index (χ3v) is 12.9. The molecule has 2 heterocycles. The molecule has 15 heteroatoms. The number of nitrogens with zero attached hydrogens (tertiary/aromatic N) is 1. The molecule has 1 aliphatic heterocycles. The summed E-state index contributed by atoms with van der Waals surface area (Å²) in [7, 11) is -4.21. The maximum atomic E-state index is 13.6. The average molecular weight is 907 g/mol. The zero-order valence-electron chi connectivity index (χ0n) is 37.6. The number of halogens is 1. The van der Waals surface area contributed by atoms with E-state index < -0.39 is 54.9 Å². The molecule has 1 aromatic heterocycles. The Morgan fingerprint density at radius 2 is 1.27 bits per heavy atom. The minimum absolute atomic E-state index is 0.132. The minimum atomic E-state index is -5.74. The minimum Gasteiger partial charge on any atom is -0.790 e. The van der Waals surface area contributed by atoms with Crippen molar-refractivity contribution in [2.75, 3.05) is 46.4 Å². The lowest BCUT2D eigenvalue weighted by Gasteiger charge is -2.44. The lowest BCUT2D eigenvalue weighted by molar-refractivity contribution is -0.894. The van der Waals surface area contributed by atoms with Gasteiger partial charge in [0, 0.05) is 28.8 Å². The molecule has 13 nitrogen and oxygen atoms in total. The molecular formula is C48H64ClN4O9P. The Balaban J connectivity index is 0.000000537. The Labute approximate surface area is 376 Å². The lowest BCUT2D eigenvalue weighted by Crippen LogP contribution is -3.11. The molecule has 5 aromatic rings. The van der Waals surface area contributed by atoms with E-state index in [-0.39, 0.29) is 16.1 Å². The SMILES string of the molecule is CC[NH+](CC)CC.CC[NH+](CC)CC.COc1ccc(C(c2ccccc2)(c2ccccc2)C(O)[C@H]2O[C@@](c3ccccc3Cl)(n3cc(C)c(=O)[nH]c3=O)C[C@@H]2OP(=O)([O-])[O-])cc1. The number of hydrogen-bond donors (Lipinski definition) is 4. The van der Waals surface area contributed by atoms with Crippen molar-refractivity contribution in [3.63, 3.8) is 0 Å². The number of rotatable bonds is 16. The molecule has 1 saturated heterocycles. The number of aromatic nitrogens is 2. The first-order valence-corrected chi connectivity index (χ1v) is 23.5. The second kappa shape index (κ2) is 23.5. The average Bonchev–Trinajstić information content (AvgIpc) is 3.66. The van der Waals surface area contributed by atoms with Crippen molar-refractivity contribution in [3.8, 4) is 5.75 Å². The van der Waals surface area contributed by atoms with Crippen LogP contribution < -0.4 is 35.6 Å². The van der Waals surface area contributed by atoms with E-state index in [4.69, 9.17) is 25.6 Å². The molecule has 0 saturated carbocycles. The number of methoxy groups -OCH3 is 1. The van der Waals surface area contributed by atoms with Crippen LogP contribution >= 0.6 is 19.4 Å². The van der Waals surface area contributed by atoms with Gasteiger partial charge in [-0.05, 0) is 83.4 Å². The molecule has 1 fully saturated rings. The Kier molecular flexibility index (Phi) is 19.1. The maximum Gasteiger partial charge on any atom is 0.330 e. The van der Waals surface area contributed by atoms with E-state index in [1.807, 2.05) is 36.4 Å². The van der Waals surface area contributed by atoms with E-state index >= 15 is 0 Å². The van der Waals surface area contributed by atoms with Gasteiger partial charge in [0.2, 0.25) is 0 Å². The lowest BCUT2D eigenvalue weighted by atomic mass is 9.64. The molecule has 0 radical (unpaired) electrons. The molecule has 1 aliphatic rings. The van der Waals surface area contributed by atoms with Crippen molar-refractivity contribution in [3.05, 3.63) is 169 Å². The molecule has 0 aliphatic carbocycles. The Morgan fingerprint density at radius 1 is 0.810 bits per heavy atom. The molecule has 0 bridgehead atoms. The van der Waals surface area contributed by atoms with Crippen LogP contribution in [0.25, 0.3) is 0 Å². The Hall–Kier alpha value is -4.40. The van der Waals surface area contributed by atoms with Crippen molar-refractivity contribution >= 4 is 19.4 Å². The number of aromatic amines is 1. The summed E-state index contributed by atoms with van der Waals surface area (Å²) in [4.78, 5) is 56.3. The van der Waals surface area contributed by atoms with Gasteiger partial charge in [-0.1, -0.05) is 103 Å². The van der Waals surface area contributed by atoms with E-state index in [0.29, 0.717) is 22.4 Å².